The molecule has 27 heavy (non-hydrogen) atoms. The van der Waals surface area contributed by atoms with Crippen molar-refractivity contribution in [2.24, 2.45) is 0 Å². The third-order valence-electron chi connectivity index (χ3n) is 3.56. The van der Waals surface area contributed by atoms with E-state index in [1.807, 2.05) is 0 Å². The Morgan fingerprint density at radius 1 is 1.22 bits per heavy atom. The van der Waals surface area contributed by atoms with Gasteiger partial charge < -0.3 is 10.3 Å². The number of amides is 1. The van der Waals surface area contributed by atoms with Crippen molar-refractivity contribution >= 4 is 5.91 Å². The Kier molecular flexibility index (Phi) is 4.71. The zero-order valence-electron chi connectivity index (χ0n) is 13.7. The molecule has 9 nitrogen and oxygen atoms in total. The molecule has 3 rings (SSSR count). The van der Waals surface area contributed by atoms with Crippen LogP contribution in [0, 0.1) is 6.92 Å². The summed E-state index contributed by atoms with van der Waals surface area (Å²) in [5, 5.41) is 15.7. The summed E-state index contributed by atoms with van der Waals surface area (Å²) in [7, 11) is 0. The number of benzene rings is 1. The number of aryl methyl sites for hydroxylation is 1. The maximum Gasteiger partial charge on any atom is 0.416 e. The van der Waals surface area contributed by atoms with E-state index in [4.69, 9.17) is 0 Å². The first-order valence-electron chi connectivity index (χ1n) is 7.53. The lowest BCUT2D eigenvalue weighted by Crippen LogP contribution is -2.32. The van der Waals surface area contributed by atoms with E-state index in [0.29, 0.717) is 5.56 Å². The summed E-state index contributed by atoms with van der Waals surface area (Å²) in [6.45, 7) is 1.50. The highest BCUT2D eigenvalue weighted by molar-refractivity contribution is 5.92. The van der Waals surface area contributed by atoms with Crippen LogP contribution in [-0.4, -0.2) is 36.5 Å². The number of carbonyl (C=O) groups excluding carboxylic acids is 1. The van der Waals surface area contributed by atoms with Gasteiger partial charge in [0, 0.05) is 6.07 Å². The van der Waals surface area contributed by atoms with Gasteiger partial charge in [-0.1, -0.05) is 17.3 Å². The SMILES string of the molecule is Cc1nc(C(=O)NC(c2ccc(C(F)(F)F)cc2)c2nn[nH]n2)cc(=O)[nH]1. The summed E-state index contributed by atoms with van der Waals surface area (Å²) in [4.78, 5) is 30.3. The number of alkyl halides is 3. The Morgan fingerprint density at radius 3 is 2.48 bits per heavy atom. The molecule has 0 spiro atoms. The number of hydrogen-bond acceptors (Lipinski definition) is 6. The number of hydrogen-bond donors (Lipinski definition) is 3. The molecule has 0 saturated carbocycles. The van der Waals surface area contributed by atoms with E-state index in [2.05, 4.69) is 35.9 Å². The molecule has 3 N–H and O–H groups in total. The van der Waals surface area contributed by atoms with Crippen LogP contribution in [0.4, 0.5) is 13.2 Å². The molecule has 2 heterocycles. The lowest BCUT2D eigenvalue weighted by Gasteiger charge is -2.16. The lowest BCUT2D eigenvalue weighted by atomic mass is 10.0. The molecular formula is C15H12F3N7O2. The molecule has 0 radical (unpaired) electrons. The zero-order chi connectivity index (χ0) is 19.6. The van der Waals surface area contributed by atoms with Gasteiger partial charge in [0.25, 0.3) is 11.5 Å². The molecule has 2 aromatic heterocycles. The molecule has 1 atom stereocenters. The van der Waals surface area contributed by atoms with E-state index in [-0.39, 0.29) is 17.3 Å². The average molecular weight is 379 g/mol. The van der Waals surface area contributed by atoms with Crippen molar-refractivity contribution in [3.05, 3.63) is 69.2 Å². The van der Waals surface area contributed by atoms with Crippen molar-refractivity contribution in [3.8, 4) is 0 Å². The zero-order valence-corrected chi connectivity index (χ0v) is 13.7. The Hall–Kier alpha value is -3.57. The number of carbonyl (C=O) groups is 1. The second-order valence-electron chi connectivity index (χ2n) is 5.51. The predicted molar refractivity (Wildman–Crippen MR) is 84.5 cm³/mol. The van der Waals surface area contributed by atoms with Gasteiger partial charge in [-0.05, 0) is 24.6 Å². The summed E-state index contributed by atoms with van der Waals surface area (Å²) in [5.41, 5.74) is -1.22. The molecule has 0 aliphatic rings. The van der Waals surface area contributed by atoms with Crippen LogP contribution in [0.1, 0.15) is 39.3 Å². The number of nitrogens with one attached hydrogen (secondary N) is 3. The standard InChI is InChI=1S/C15H12F3N7O2/c1-7-19-10(6-11(26)20-7)14(27)21-12(13-22-24-25-23-13)8-2-4-9(5-3-8)15(16,17)18/h2-6,12H,1H3,(H,21,27)(H,19,20,26)(H,22,23,24,25). The monoisotopic (exact) mass is 379 g/mol. The van der Waals surface area contributed by atoms with Gasteiger partial charge in [0.2, 0.25) is 5.82 Å². The fourth-order valence-corrected chi connectivity index (χ4v) is 2.35. The molecule has 140 valence electrons. The van der Waals surface area contributed by atoms with Gasteiger partial charge in [-0.2, -0.15) is 18.4 Å². The summed E-state index contributed by atoms with van der Waals surface area (Å²) in [6.07, 6.45) is -4.49. The Labute approximate surface area is 149 Å². The number of aromatic amines is 2. The largest absolute Gasteiger partial charge is 0.416 e. The van der Waals surface area contributed by atoms with E-state index in [1.54, 1.807) is 0 Å². The molecule has 0 aliphatic heterocycles. The summed E-state index contributed by atoms with van der Waals surface area (Å²) >= 11 is 0. The van der Waals surface area contributed by atoms with E-state index in [0.717, 1.165) is 18.2 Å². The van der Waals surface area contributed by atoms with Crippen molar-refractivity contribution in [2.45, 2.75) is 19.1 Å². The maximum absolute atomic E-state index is 12.8. The molecule has 12 heteroatoms. The average Bonchev–Trinajstić information content (AvgIpc) is 3.12. The van der Waals surface area contributed by atoms with Gasteiger partial charge in [-0.15, -0.1) is 10.2 Å². The summed E-state index contributed by atoms with van der Waals surface area (Å²) < 4.78 is 38.3. The molecule has 0 aliphatic carbocycles. The van der Waals surface area contributed by atoms with Crippen molar-refractivity contribution in [1.29, 1.82) is 0 Å². The predicted octanol–water partition coefficient (Wildman–Crippen LogP) is 1.13. The van der Waals surface area contributed by atoms with Crippen molar-refractivity contribution in [2.75, 3.05) is 0 Å². The smallest absolute Gasteiger partial charge is 0.336 e. The van der Waals surface area contributed by atoms with Gasteiger partial charge in [0.1, 0.15) is 17.6 Å². The van der Waals surface area contributed by atoms with Gasteiger partial charge >= 0.3 is 6.18 Å². The first kappa shape index (κ1) is 18.2. The first-order chi connectivity index (χ1) is 12.7. The molecule has 0 fully saturated rings. The second kappa shape index (κ2) is 6.97. The fourth-order valence-electron chi connectivity index (χ4n) is 2.35. The van der Waals surface area contributed by atoms with Crippen molar-refractivity contribution in [1.82, 2.24) is 35.9 Å². The first-order valence-corrected chi connectivity index (χ1v) is 7.53. The number of nitrogens with zero attached hydrogens (tertiary/aromatic N) is 4. The Balaban J connectivity index is 1.93. The number of halogens is 3. The maximum atomic E-state index is 12.8. The third-order valence-corrected chi connectivity index (χ3v) is 3.56. The minimum atomic E-state index is -4.49. The highest BCUT2D eigenvalue weighted by atomic mass is 19.4. The highest BCUT2D eigenvalue weighted by Gasteiger charge is 2.31. The minimum Gasteiger partial charge on any atom is -0.336 e. The number of H-pyrrole nitrogens is 2. The van der Waals surface area contributed by atoms with Gasteiger partial charge in [0.15, 0.2) is 0 Å². The minimum absolute atomic E-state index is 0.0321. The van der Waals surface area contributed by atoms with E-state index < -0.39 is 29.2 Å². The van der Waals surface area contributed by atoms with Crippen LogP contribution < -0.4 is 10.9 Å². The molecular weight excluding hydrogens is 367 g/mol. The summed E-state index contributed by atoms with van der Waals surface area (Å²) in [6, 6.07) is 4.15. The van der Waals surface area contributed by atoms with Crippen LogP contribution in [0.2, 0.25) is 0 Å². The molecule has 1 amide bonds. The fraction of sp³-hybridized carbons (Fsp3) is 0.200. The van der Waals surface area contributed by atoms with Gasteiger partial charge in [0.05, 0.1) is 5.56 Å². The van der Waals surface area contributed by atoms with Crippen LogP contribution in [0.15, 0.2) is 35.1 Å². The van der Waals surface area contributed by atoms with E-state index in [9.17, 15) is 22.8 Å². The van der Waals surface area contributed by atoms with Gasteiger partial charge in [-0.25, -0.2) is 4.98 Å². The molecule has 1 aromatic carbocycles. The van der Waals surface area contributed by atoms with Crippen LogP contribution in [0.3, 0.4) is 0 Å². The molecule has 0 saturated heterocycles. The molecule has 3 aromatic rings. The lowest BCUT2D eigenvalue weighted by molar-refractivity contribution is -0.137. The quantitative estimate of drug-likeness (QED) is 0.623. The van der Waals surface area contributed by atoms with Crippen molar-refractivity contribution < 1.29 is 18.0 Å². The highest BCUT2D eigenvalue weighted by Crippen LogP contribution is 2.30. The van der Waals surface area contributed by atoms with E-state index >= 15 is 0 Å². The normalized spacial score (nSPS) is 12.6. The number of tetrazole rings is 1. The number of rotatable bonds is 4. The Bertz CT molecular complexity index is 997. The van der Waals surface area contributed by atoms with Crippen LogP contribution in [0.5, 0.6) is 0 Å². The van der Waals surface area contributed by atoms with Crippen LogP contribution >= 0.6 is 0 Å². The van der Waals surface area contributed by atoms with Crippen LogP contribution in [-0.2, 0) is 6.18 Å². The van der Waals surface area contributed by atoms with Crippen LogP contribution in [0.25, 0.3) is 0 Å². The van der Waals surface area contributed by atoms with Crippen molar-refractivity contribution in [3.63, 3.8) is 0 Å². The third kappa shape index (κ3) is 4.16. The summed E-state index contributed by atoms with van der Waals surface area (Å²) in [5.74, 6) is -0.457. The molecule has 1 unspecified atom stereocenters. The molecule has 0 bridgehead atoms. The second-order valence-corrected chi connectivity index (χ2v) is 5.51. The Morgan fingerprint density at radius 2 is 1.93 bits per heavy atom. The number of aromatic nitrogens is 6. The topological polar surface area (TPSA) is 129 Å². The van der Waals surface area contributed by atoms with E-state index in [1.165, 1.54) is 19.1 Å². The van der Waals surface area contributed by atoms with Gasteiger partial charge in [-0.3, -0.25) is 9.59 Å².